The van der Waals surface area contributed by atoms with E-state index < -0.39 is 28.0 Å². The number of thiophene rings is 1. The van der Waals surface area contributed by atoms with E-state index in [-0.39, 0.29) is 29.8 Å². The number of hydrogen-bond acceptors (Lipinski definition) is 7. The Morgan fingerprint density at radius 1 is 1.16 bits per heavy atom. The van der Waals surface area contributed by atoms with Crippen LogP contribution in [0.1, 0.15) is 66.6 Å². The molecule has 2 N–H and O–H groups in total. The normalized spacial score (nSPS) is 20.7. The molecule has 2 aromatic rings. The molecule has 4 rings (SSSR count). The monoisotopic (exact) mass is 546 g/mol. The highest BCUT2D eigenvalue weighted by atomic mass is 32.2. The summed E-state index contributed by atoms with van der Waals surface area (Å²) in [7, 11) is -3.92. The minimum atomic E-state index is -3.92. The van der Waals surface area contributed by atoms with Gasteiger partial charge in [0.25, 0.3) is 15.9 Å². The number of carbonyl (C=O) groups excluding carboxylic acids is 3. The second kappa shape index (κ2) is 12.3. The third kappa shape index (κ3) is 7.03. The highest BCUT2D eigenvalue weighted by Gasteiger charge is 2.35. The number of sulfonamides is 1. The Kier molecular flexibility index (Phi) is 9.09. The fraction of sp³-hybridized carbons (Fsp3) is 0.538. The standard InChI is InChI=1S/C26H34N4O5S2/c1-18-14-20(17-36-18)25(32)29-22(15-19-8-3-2-4-9-19)26(33)28-21-10-7-13-30(16-23(21)31)37(34,35)24-11-5-6-12-27-24/h5-6,11-12,14,17,19,21-22H,2-4,7-10,13,15-16H2,1H3,(H,28,33)(H,29,32)/t21?,22-/m0/s1. The van der Waals surface area contributed by atoms with Gasteiger partial charge in [-0.25, -0.2) is 13.4 Å². The molecule has 2 atom stereocenters. The van der Waals surface area contributed by atoms with Crippen molar-refractivity contribution in [2.75, 3.05) is 13.1 Å². The number of rotatable bonds is 8. The van der Waals surface area contributed by atoms with Crippen LogP contribution < -0.4 is 10.6 Å². The van der Waals surface area contributed by atoms with Crippen molar-refractivity contribution in [1.29, 1.82) is 0 Å². The van der Waals surface area contributed by atoms with Crippen molar-refractivity contribution in [3.8, 4) is 0 Å². The van der Waals surface area contributed by atoms with Crippen LogP contribution in [0.25, 0.3) is 0 Å². The highest BCUT2D eigenvalue weighted by Crippen LogP contribution is 2.28. The number of nitrogens with one attached hydrogen (secondary N) is 2. The number of Topliss-reactive ketones (excluding diaryl/α,β-unsaturated/α-hetero) is 1. The van der Waals surface area contributed by atoms with E-state index in [0.29, 0.717) is 30.7 Å². The zero-order valence-corrected chi connectivity index (χ0v) is 22.7. The van der Waals surface area contributed by atoms with Gasteiger partial charge in [0.1, 0.15) is 6.04 Å². The number of nitrogens with zero attached hydrogens (tertiary/aromatic N) is 2. The Morgan fingerprint density at radius 2 is 1.95 bits per heavy atom. The average molecular weight is 547 g/mol. The Morgan fingerprint density at radius 3 is 2.62 bits per heavy atom. The van der Waals surface area contributed by atoms with E-state index >= 15 is 0 Å². The molecule has 1 saturated heterocycles. The summed E-state index contributed by atoms with van der Waals surface area (Å²) in [5, 5.41) is 7.39. The molecule has 0 aromatic carbocycles. The van der Waals surface area contributed by atoms with Crippen LogP contribution in [0.4, 0.5) is 0 Å². The third-order valence-corrected chi connectivity index (χ3v) is 9.71. The van der Waals surface area contributed by atoms with Crippen LogP contribution in [0.15, 0.2) is 40.9 Å². The molecule has 1 unspecified atom stereocenters. The fourth-order valence-corrected chi connectivity index (χ4v) is 7.11. The molecule has 200 valence electrons. The Bertz CT molecular complexity index is 1210. The number of aryl methyl sites for hydroxylation is 1. The molecule has 0 radical (unpaired) electrons. The largest absolute Gasteiger partial charge is 0.344 e. The summed E-state index contributed by atoms with van der Waals surface area (Å²) in [5.41, 5.74) is 0.518. The molecule has 2 fully saturated rings. The van der Waals surface area contributed by atoms with Crippen LogP contribution in [-0.2, 0) is 19.6 Å². The molecule has 1 aliphatic heterocycles. The molecule has 2 aliphatic rings. The maximum absolute atomic E-state index is 13.4. The van der Waals surface area contributed by atoms with E-state index in [2.05, 4.69) is 15.6 Å². The second-order valence-corrected chi connectivity index (χ2v) is 12.9. The number of aromatic nitrogens is 1. The minimum absolute atomic E-state index is 0.107. The molecule has 0 spiro atoms. The van der Waals surface area contributed by atoms with Gasteiger partial charge in [0.15, 0.2) is 10.8 Å². The summed E-state index contributed by atoms with van der Waals surface area (Å²) in [6.45, 7) is 1.75. The van der Waals surface area contributed by atoms with Crippen molar-refractivity contribution in [2.24, 2.45) is 5.92 Å². The predicted molar refractivity (Wildman–Crippen MR) is 141 cm³/mol. The number of hydrogen-bond donors (Lipinski definition) is 2. The van der Waals surface area contributed by atoms with E-state index in [1.165, 1.54) is 30.0 Å². The Balaban J connectivity index is 1.44. The topological polar surface area (TPSA) is 126 Å². The molecule has 0 bridgehead atoms. The summed E-state index contributed by atoms with van der Waals surface area (Å²) >= 11 is 1.47. The van der Waals surface area contributed by atoms with Gasteiger partial charge in [0.05, 0.1) is 18.2 Å². The lowest BCUT2D eigenvalue weighted by Crippen LogP contribution is -2.53. The van der Waals surface area contributed by atoms with E-state index in [9.17, 15) is 22.8 Å². The molecular weight excluding hydrogens is 512 g/mol. The van der Waals surface area contributed by atoms with Gasteiger partial charge >= 0.3 is 0 Å². The van der Waals surface area contributed by atoms with Crippen LogP contribution in [0.5, 0.6) is 0 Å². The van der Waals surface area contributed by atoms with E-state index in [4.69, 9.17) is 0 Å². The van der Waals surface area contributed by atoms with Gasteiger partial charge in [-0.2, -0.15) is 4.31 Å². The van der Waals surface area contributed by atoms with Crippen molar-refractivity contribution >= 4 is 39.0 Å². The molecule has 37 heavy (non-hydrogen) atoms. The van der Waals surface area contributed by atoms with Gasteiger partial charge < -0.3 is 10.6 Å². The SMILES string of the molecule is Cc1cc(C(=O)N[C@@H](CC2CCCCC2)C(=O)NC2CCCN(S(=O)(=O)c3ccccn3)CC2=O)cs1. The van der Waals surface area contributed by atoms with E-state index in [1.54, 1.807) is 23.6 Å². The lowest BCUT2D eigenvalue weighted by molar-refractivity contribution is -0.129. The fourth-order valence-electron chi connectivity index (χ4n) is 5.05. The summed E-state index contributed by atoms with van der Waals surface area (Å²) in [6, 6.07) is 4.82. The number of ketones is 1. The van der Waals surface area contributed by atoms with Crippen molar-refractivity contribution in [2.45, 2.75) is 75.4 Å². The van der Waals surface area contributed by atoms with E-state index in [0.717, 1.165) is 34.9 Å². The molecule has 3 heterocycles. The van der Waals surface area contributed by atoms with Crippen LogP contribution in [0.2, 0.25) is 0 Å². The molecular formula is C26H34N4O5S2. The zero-order valence-electron chi connectivity index (χ0n) is 21.0. The summed E-state index contributed by atoms with van der Waals surface area (Å²) < 4.78 is 27.1. The molecule has 9 nitrogen and oxygen atoms in total. The summed E-state index contributed by atoms with van der Waals surface area (Å²) in [6.07, 6.45) is 8.08. The minimum Gasteiger partial charge on any atom is -0.344 e. The van der Waals surface area contributed by atoms with Crippen LogP contribution in [-0.4, -0.2) is 60.5 Å². The maximum atomic E-state index is 13.4. The van der Waals surface area contributed by atoms with Crippen molar-refractivity contribution in [1.82, 2.24) is 19.9 Å². The first-order valence-corrected chi connectivity index (χ1v) is 15.2. The first-order valence-electron chi connectivity index (χ1n) is 12.8. The van der Waals surface area contributed by atoms with Crippen LogP contribution in [0.3, 0.4) is 0 Å². The summed E-state index contributed by atoms with van der Waals surface area (Å²) in [5.74, 6) is -0.746. The smallest absolute Gasteiger partial charge is 0.260 e. The average Bonchev–Trinajstić information content (AvgIpc) is 3.25. The zero-order chi connectivity index (χ0) is 26.4. The van der Waals surface area contributed by atoms with Gasteiger partial charge in [-0.05, 0) is 50.3 Å². The summed E-state index contributed by atoms with van der Waals surface area (Å²) in [4.78, 5) is 44.3. The number of carbonyl (C=O) groups is 3. The van der Waals surface area contributed by atoms with Gasteiger partial charge in [-0.15, -0.1) is 11.3 Å². The second-order valence-electron chi connectivity index (χ2n) is 9.89. The molecule has 1 saturated carbocycles. The van der Waals surface area contributed by atoms with Gasteiger partial charge in [-0.3, -0.25) is 14.4 Å². The third-order valence-electron chi connectivity index (χ3n) is 7.09. The maximum Gasteiger partial charge on any atom is 0.260 e. The lowest BCUT2D eigenvalue weighted by Gasteiger charge is -2.28. The van der Waals surface area contributed by atoms with Gasteiger partial charge in [0, 0.05) is 23.0 Å². The first kappa shape index (κ1) is 27.4. The van der Waals surface area contributed by atoms with E-state index in [1.807, 2.05) is 6.92 Å². The van der Waals surface area contributed by atoms with Crippen LogP contribution >= 0.6 is 11.3 Å². The predicted octanol–water partition coefficient (Wildman–Crippen LogP) is 3.06. The van der Waals surface area contributed by atoms with Crippen LogP contribution in [0, 0.1) is 12.8 Å². The number of amides is 2. The highest BCUT2D eigenvalue weighted by molar-refractivity contribution is 7.89. The molecule has 2 amide bonds. The molecule has 11 heteroatoms. The Labute approximate surface area is 222 Å². The quantitative estimate of drug-likeness (QED) is 0.524. The van der Waals surface area contributed by atoms with Gasteiger partial charge in [0.2, 0.25) is 5.91 Å². The Hall–Kier alpha value is -2.63. The first-order chi connectivity index (χ1) is 17.7. The lowest BCUT2D eigenvalue weighted by atomic mass is 9.84. The molecule has 1 aliphatic carbocycles. The van der Waals surface area contributed by atoms with Crippen molar-refractivity contribution in [3.63, 3.8) is 0 Å². The number of pyridine rings is 1. The van der Waals surface area contributed by atoms with Crippen molar-refractivity contribution in [3.05, 3.63) is 46.3 Å². The van der Waals surface area contributed by atoms with Gasteiger partial charge in [-0.1, -0.05) is 38.2 Å². The van der Waals surface area contributed by atoms with Crippen molar-refractivity contribution < 1.29 is 22.8 Å². The molecule has 2 aromatic heterocycles.